The van der Waals surface area contributed by atoms with Gasteiger partial charge in [-0.05, 0) is 23.3 Å². The lowest BCUT2D eigenvalue weighted by molar-refractivity contribution is -0.135. The highest BCUT2D eigenvalue weighted by Crippen LogP contribution is 2.14. The minimum absolute atomic E-state index is 0.0115. The summed E-state index contributed by atoms with van der Waals surface area (Å²) in [6, 6.07) is 12.5. The Kier molecular flexibility index (Phi) is 5.46. The maximum atomic E-state index is 13.2. The molecule has 1 fully saturated rings. The van der Waals surface area contributed by atoms with Crippen LogP contribution in [-0.2, 0) is 22.6 Å². The highest BCUT2D eigenvalue weighted by atomic mass is 19.2. The molecule has 3 rings (SSSR count). The molecule has 0 radical (unpaired) electrons. The summed E-state index contributed by atoms with van der Waals surface area (Å²) >= 11 is 0. The van der Waals surface area contributed by atoms with Gasteiger partial charge < -0.3 is 15.0 Å². The largest absolute Gasteiger partial charge is 0.445 e. The van der Waals surface area contributed by atoms with E-state index in [1.807, 2.05) is 30.3 Å². The highest BCUT2D eigenvalue weighted by molar-refractivity contribution is 5.80. The molecule has 7 heteroatoms. The van der Waals surface area contributed by atoms with Crippen LogP contribution in [0.2, 0.25) is 0 Å². The average Bonchev–Trinajstić information content (AvgIpc) is 2.60. The molecule has 0 aromatic heterocycles. The molecular weight excluding hydrogens is 342 g/mol. The lowest BCUT2D eigenvalue weighted by Crippen LogP contribution is -2.61. The molecule has 1 heterocycles. The van der Waals surface area contributed by atoms with E-state index in [-0.39, 0.29) is 25.0 Å². The minimum Gasteiger partial charge on any atom is -0.445 e. The maximum absolute atomic E-state index is 13.2. The third kappa shape index (κ3) is 4.56. The van der Waals surface area contributed by atoms with Gasteiger partial charge in [-0.15, -0.1) is 0 Å². The van der Waals surface area contributed by atoms with Crippen LogP contribution in [0.4, 0.5) is 13.6 Å². The Balaban J connectivity index is 1.38. The number of ether oxygens (including phenoxy) is 1. The molecule has 2 amide bonds. The zero-order valence-corrected chi connectivity index (χ0v) is 14.0. The zero-order valence-electron chi connectivity index (χ0n) is 14.0. The van der Waals surface area contributed by atoms with Crippen LogP contribution >= 0.6 is 0 Å². The third-order valence-electron chi connectivity index (χ3n) is 4.11. The molecule has 0 saturated carbocycles. The van der Waals surface area contributed by atoms with E-state index in [9.17, 15) is 18.4 Å². The van der Waals surface area contributed by atoms with E-state index in [1.54, 1.807) is 4.90 Å². The third-order valence-corrected chi connectivity index (χ3v) is 4.11. The van der Waals surface area contributed by atoms with E-state index in [0.29, 0.717) is 18.7 Å². The molecule has 5 nitrogen and oxygen atoms in total. The second-order valence-electron chi connectivity index (χ2n) is 6.13. The normalized spacial score (nSPS) is 13.8. The molecule has 2 aromatic rings. The molecule has 1 aliphatic rings. The summed E-state index contributed by atoms with van der Waals surface area (Å²) in [5.41, 5.74) is 1.30. The molecule has 136 valence electrons. The van der Waals surface area contributed by atoms with Gasteiger partial charge in [0.05, 0.1) is 12.5 Å². The van der Waals surface area contributed by atoms with E-state index in [1.165, 1.54) is 6.07 Å². The van der Waals surface area contributed by atoms with E-state index in [0.717, 1.165) is 17.7 Å². The summed E-state index contributed by atoms with van der Waals surface area (Å²) < 4.78 is 31.2. The molecule has 0 bridgehead atoms. The lowest BCUT2D eigenvalue weighted by atomic mass is 10.1. The van der Waals surface area contributed by atoms with Gasteiger partial charge in [-0.2, -0.15) is 0 Å². The number of carbonyl (C=O) groups excluding carboxylic acids is 2. The van der Waals surface area contributed by atoms with Gasteiger partial charge in [0.1, 0.15) is 6.61 Å². The fourth-order valence-corrected chi connectivity index (χ4v) is 2.64. The van der Waals surface area contributed by atoms with Gasteiger partial charge in [-0.1, -0.05) is 36.4 Å². The van der Waals surface area contributed by atoms with Crippen LogP contribution in [0.25, 0.3) is 0 Å². The van der Waals surface area contributed by atoms with Gasteiger partial charge in [0.2, 0.25) is 5.91 Å². The van der Waals surface area contributed by atoms with E-state index in [4.69, 9.17) is 4.74 Å². The fourth-order valence-electron chi connectivity index (χ4n) is 2.64. The Labute approximate surface area is 149 Å². The number of carbonyl (C=O) groups is 2. The second kappa shape index (κ2) is 7.95. The van der Waals surface area contributed by atoms with Crippen molar-refractivity contribution in [3.63, 3.8) is 0 Å². The van der Waals surface area contributed by atoms with Crippen molar-refractivity contribution in [3.8, 4) is 0 Å². The number of likely N-dealkylation sites (tertiary alicyclic amines) is 1. The molecule has 0 unspecified atom stereocenters. The average molecular weight is 360 g/mol. The van der Waals surface area contributed by atoms with Crippen LogP contribution in [-0.4, -0.2) is 36.0 Å². The SMILES string of the molecule is O=C(NC1CN(C(=O)Cc2ccc(F)c(F)c2)C1)OCc1ccccc1. The van der Waals surface area contributed by atoms with Crippen LogP contribution in [0, 0.1) is 11.6 Å². The summed E-state index contributed by atoms with van der Waals surface area (Å²) in [5.74, 6) is -2.12. The molecule has 1 aliphatic heterocycles. The van der Waals surface area contributed by atoms with E-state index < -0.39 is 17.7 Å². The van der Waals surface area contributed by atoms with Crippen molar-refractivity contribution in [3.05, 3.63) is 71.3 Å². The number of nitrogens with zero attached hydrogens (tertiary/aromatic N) is 1. The van der Waals surface area contributed by atoms with Crippen LogP contribution in [0.1, 0.15) is 11.1 Å². The number of rotatable bonds is 5. The van der Waals surface area contributed by atoms with Crippen LogP contribution in [0.3, 0.4) is 0 Å². The molecule has 1 N–H and O–H groups in total. The van der Waals surface area contributed by atoms with Gasteiger partial charge in [0, 0.05) is 13.1 Å². The molecule has 0 spiro atoms. The van der Waals surface area contributed by atoms with Gasteiger partial charge >= 0.3 is 6.09 Å². The first-order valence-electron chi connectivity index (χ1n) is 8.20. The van der Waals surface area contributed by atoms with Gasteiger partial charge in [-0.25, -0.2) is 13.6 Å². The number of hydrogen-bond donors (Lipinski definition) is 1. The molecule has 0 atom stereocenters. The smallest absolute Gasteiger partial charge is 0.407 e. The molecule has 1 saturated heterocycles. The van der Waals surface area contributed by atoms with Crippen molar-refractivity contribution < 1.29 is 23.1 Å². The minimum atomic E-state index is -0.973. The van der Waals surface area contributed by atoms with Crippen molar-refractivity contribution in [2.45, 2.75) is 19.1 Å². The number of benzene rings is 2. The monoisotopic (exact) mass is 360 g/mol. The zero-order chi connectivity index (χ0) is 18.5. The Bertz CT molecular complexity index is 793. The predicted molar refractivity (Wildman–Crippen MR) is 90.2 cm³/mol. The van der Waals surface area contributed by atoms with Gasteiger partial charge in [0.15, 0.2) is 11.6 Å². The lowest BCUT2D eigenvalue weighted by Gasteiger charge is -2.39. The predicted octanol–water partition coefficient (Wildman–Crippen LogP) is 2.64. The number of alkyl carbamates (subject to hydrolysis) is 1. The van der Waals surface area contributed by atoms with Crippen molar-refractivity contribution in [2.24, 2.45) is 0 Å². The van der Waals surface area contributed by atoms with Crippen molar-refractivity contribution >= 4 is 12.0 Å². The molecule has 0 aliphatic carbocycles. The standard InChI is InChI=1S/C19H18F2N2O3/c20-16-7-6-14(8-17(16)21)9-18(24)23-10-15(11-23)22-19(25)26-12-13-4-2-1-3-5-13/h1-8,15H,9-12H2,(H,22,25). The number of amides is 2. The molecular formula is C19H18F2N2O3. The Morgan fingerprint density at radius 1 is 1.04 bits per heavy atom. The molecule has 26 heavy (non-hydrogen) atoms. The Hall–Kier alpha value is -2.96. The number of nitrogens with one attached hydrogen (secondary N) is 1. The van der Waals surface area contributed by atoms with E-state index in [2.05, 4.69) is 5.32 Å². The van der Waals surface area contributed by atoms with Gasteiger partial charge in [0.25, 0.3) is 0 Å². The summed E-state index contributed by atoms with van der Waals surface area (Å²) in [4.78, 5) is 25.4. The van der Waals surface area contributed by atoms with Crippen LogP contribution in [0.15, 0.2) is 48.5 Å². The Morgan fingerprint density at radius 2 is 1.77 bits per heavy atom. The quantitative estimate of drug-likeness (QED) is 0.892. The summed E-state index contributed by atoms with van der Waals surface area (Å²) in [6.07, 6.45) is -0.547. The van der Waals surface area contributed by atoms with Crippen LogP contribution in [0.5, 0.6) is 0 Å². The summed E-state index contributed by atoms with van der Waals surface area (Å²) in [5, 5.41) is 2.69. The van der Waals surface area contributed by atoms with Crippen molar-refractivity contribution in [1.82, 2.24) is 10.2 Å². The number of hydrogen-bond acceptors (Lipinski definition) is 3. The Morgan fingerprint density at radius 3 is 2.46 bits per heavy atom. The first kappa shape index (κ1) is 17.8. The summed E-state index contributed by atoms with van der Waals surface area (Å²) in [7, 11) is 0. The summed E-state index contributed by atoms with van der Waals surface area (Å²) in [6.45, 7) is 0.907. The first-order chi connectivity index (χ1) is 12.5. The van der Waals surface area contributed by atoms with Gasteiger partial charge in [-0.3, -0.25) is 4.79 Å². The van der Waals surface area contributed by atoms with Crippen molar-refractivity contribution in [2.75, 3.05) is 13.1 Å². The number of halogens is 2. The maximum Gasteiger partial charge on any atom is 0.407 e. The topological polar surface area (TPSA) is 58.6 Å². The fraction of sp³-hybridized carbons (Fsp3) is 0.263. The highest BCUT2D eigenvalue weighted by Gasteiger charge is 2.31. The van der Waals surface area contributed by atoms with Crippen molar-refractivity contribution in [1.29, 1.82) is 0 Å². The first-order valence-corrected chi connectivity index (χ1v) is 8.20. The van der Waals surface area contributed by atoms with Crippen LogP contribution < -0.4 is 5.32 Å². The van der Waals surface area contributed by atoms with E-state index >= 15 is 0 Å². The second-order valence-corrected chi connectivity index (χ2v) is 6.13. The molecule has 2 aromatic carbocycles.